The Morgan fingerprint density at radius 1 is 0.590 bits per heavy atom. The minimum absolute atomic E-state index is 0.684. The third kappa shape index (κ3) is 2.95. The first-order chi connectivity index (χ1) is 19.3. The van der Waals surface area contributed by atoms with Crippen LogP contribution in [0.2, 0.25) is 0 Å². The molecule has 0 bridgehead atoms. The second-order valence-corrected chi connectivity index (χ2v) is 11.8. The van der Waals surface area contributed by atoms with E-state index in [-0.39, 0.29) is 0 Å². The van der Waals surface area contributed by atoms with Gasteiger partial charge in [-0.25, -0.2) is 9.97 Å². The van der Waals surface area contributed by atoms with Crippen molar-refractivity contribution in [3.05, 3.63) is 109 Å². The average molecular weight is 535 g/mol. The molecule has 4 nitrogen and oxygen atoms in total. The van der Waals surface area contributed by atoms with Crippen molar-refractivity contribution in [2.75, 3.05) is 0 Å². The maximum absolute atomic E-state index is 5.36. The summed E-state index contributed by atoms with van der Waals surface area (Å²) >= 11 is 3.70. The predicted octanol–water partition coefficient (Wildman–Crippen LogP) is 9.37. The first kappa shape index (κ1) is 21.3. The van der Waals surface area contributed by atoms with Crippen LogP contribution in [0.25, 0.3) is 79.5 Å². The van der Waals surface area contributed by atoms with Gasteiger partial charge in [0.05, 0.1) is 31.6 Å². The van der Waals surface area contributed by atoms with Gasteiger partial charge in [-0.15, -0.1) is 22.7 Å². The monoisotopic (exact) mass is 534 g/mol. The molecule has 0 spiro atoms. The van der Waals surface area contributed by atoms with Crippen molar-refractivity contribution in [3.63, 3.8) is 0 Å². The lowest BCUT2D eigenvalue weighted by Gasteiger charge is -2.13. The Balaban J connectivity index is 1.50. The Morgan fingerprint density at radius 2 is 1.26 bits per heavy atom. The van der Waals surface area contributed by atoms with Gasteiger partial charge in [0.15, 0.2) is 0 Å². The smallest absolute Gasteiger partial charge is 0.235 e. The third-order valence-corrected chi connectivity index (χ3v) is 9.99. The van der Waals surface area contributed by atoms with Gasteiger partial charge in [0.1, 0.15) is 0 Å². The molecule has 0 saturated heterocycles. The van der Waals surface area contributed by atoms with Gasteiger partial charge in [0.25, 0.3) is 0 Å². The van der Waals surface area contributed by atoms with E-state index in [0.717, 1.165) is 27.5 Å². The van der Waals surface area contributed by atoms with Gasteiger partial charge >= 0.3 is 0 Å². The van der Waals surface area contributed by atoms with E-state index >= 15 is 0 Å². The van der Waals surface area contributed by atoms with Gasteiger partial charge in [0.2, 0.25) is 5.95 Å². The molecule has 9 aromatic rings. The van der Waals surface area contributed by atoms with Gasteiger partial charge in [-0.1, -0.05) is 66.7 Å². The SMILES string of the molecule is c1cncc(-c2nc(-n3c4c5ccccc5sc4c4sc5ccccc5c43)nc3ccc4ccccc4c23)c1. The number of thiophene rings is 2. The fourth-order valence-corrected chi connectivity index (χ4v) is 8.34. The standard InChI is InChI=1S/C33H18N4S2/c1-2-10-21-19(8-1)15-16-24-27(21)28(20-9-7-17-34-18-20)36-33(35-24)37-29-22-11-3-5-13-25(22)38-31(29)32-30(37)23-12-4-6-14-26(23)39-32/h1-18H. The molecule has 39 heavy (non-hydrogen) atoms. The van der Waals surface area contributed by atoms with E-state index in [1.807, 2.05) is 34.9 Å². The number of nitrogens with zero attached hydrogens (tertiary/aromatic N) is 4. The molecular formula is C33H18N4S2. The summed E-state index contributed by atoms with van der Waals surface area (Å²) in [4.78, 5) is 15.1. The number of benzene rings is 4. The van der Waals surface area contributed by atoms with Crippen LogP contribution in [0, 0.1) is 0 Å². The summed E-state index contributed by atoms with van der Waals surface area (Å²) in [5, 5.41) is 5.83. The Kier molecular flexibility index (Phi) is 4.33. The normalized spacial score (nSPS) is 12.1. The minimum Gasteiger partial charge on any atom is -0.275 e. The lowest BCUT2D eigenvalue weighted by atomic mass is 10.0. The second kappa shape index (κ2) is 7.93. The summed E-state index contributed by atoms with van der Waals surface area (Å²) in [5.41, 5.74) is 5.16. The highest BCUT2D eigenvalue weighted by Crippen LogP contribution is 2.48. The van der Waals surface area contributed by atoms with Gasteiger partial charge in [-0.3, -0.25) is 9.55 Å². The lowest BCUT2D eigenvalue weighted by Crippen LogP contribution is -2.03. The predicted molar refractivity (Wildman–Crippen MR) is 165 cm³/mol. The van der Waals surface area contributed by atoms with Crippen molar-refractivity contribution in [1.29, 1.82) is 0 Å². The number of fused-ring (bicyclic) bond motifs is 10. The maximum atomic E-state index is 5.36. The molecular weight excluding hydrogens is 517 g/mol. The topological polar surface area (TPSA) is 43.6 Å². The van der Waals surface area contributed by atoms with E-state index in [1.54, 1.807) is 6.20 Å². The van der Waals surface area contributed by atoms with Crippen molar-refractivity contribution in [2.45, 2.75) is 0 Å². The Bertz CT molecular complexity index is 2310. The van der Waals surface area contributed by atoms with Crippen LogP contribution in [0.1, 0.15) is 0 Å². The van der Waals surface area contributed by atoms with Crippen LogP contribution in [0.4, 0.5) is 0 Å². The molecule has 0 aliphatic carbocycles. The molecule has 9 rings (SSSR count). The largest absolute Gasteiger partial charge is 0.275 e. The average Bonchev–Trinajstić information content (AvgIpc) is 3.65. The zero-order valence-electron chi connectivity index (χ0n) is 20.5. The summed E-state index contributed by atoms with van der Waals surface area (Å²) in [6.07, 6.45) is 3.70. The summed E-state index contributed by atoms with van der Waals surface area (Å²) in [7, 11) is 0. The van der Waals surface area contributed by atoms with E-state index in [0.29, 0.717) is 5.95 Å². The molecule has 0 aliphatic heterocycles. The molecule has 4 aromatic carbocycles. The van der Waals surface area contributed by atoms with Crippen molar-refractivity contribution in [3.8, 4) is 17.2 Å². The number of aromatic nitrogens is 4. The number of pyridine rings is 1. The fraction of sp³-hybridized carbons (Fsp3) is 0. The van der Waals surface area contributed by atoms with Gasteiger partial charge in [0, 0.05) is 43.5 Å². The van der Waals surface area contributed by atoms with E-state index in [4.69, 9.17) is 9.97 Å². The molecule has 5 aromatic heterocycles. The molecule has 6 heteroatoms. The molecule has 182 valence electrons. The van der Waals surface area contributed by atoms with Crippen molar-refractivity contribution >= 4 is 85.0 Å². The maximum Gasteiger partial charge on any atom is 0.235 e. The van der Waals surface area contributed by atoms with Crippen molar-refractivity contribution < 1.29 is 0 Å². The van der Waals surface area contributed by atoms with E-state index in [9.17, 15) is 0 Å². The van der Waals surface area contributed by atoms with Crippen LogP contribution >= 0.6 is 22.7 Å². The molecule has 0 saturated carbocycles. The summed E-state index contributed by atoms with van der Waals surface area (Å²) < 4.78 is 7.43. The number of rotatable bonds is 2. The van der Waals surface area contributed by atoms with Crippen LogP contribution in [0.5, 0.6) is 0 Å². The van der Waals surface area contributed by atoms with Crippen LogP contribution in [0.15, 0.2) is 109 Å². The molecule has 0 amide bonds. The number of hydrogen-bond acceptors (Lipinski definition) is 5. The summed E-state index contributed by atoms with van der Waals surface area (Å²) in [6.45, 7) is 0. The molecule has 0 radical (unpaired) electrons. The quantitative estimate of drug-likeness (QED) is 0.208. The van der Waals surface area contributed by atoms with Crippen molar-refractivity contribution in [1.82, 2.24) is 19.5 Å². The Morgan fingerprint density at radius 3 is 1.95 bits per heavy atom. The van der Waals surface area contributed by atoms with Gasteiger partial charge in [-0.05, 0) is 41.1 Å². The fourth-order valence-electron chi connectivity index (χ4n) is 5.83. The van der Waals surface area contributed by atoms with Crippen molar-refractivity contribution in [2.24, 2.45) is 0 Å². The molecule has 0 fully saturated rings. The molecule has 0 unspecified atom stereocenters. The highest BCUT2D eigenvalue weighted by molar-refractivity contribution is 7.33. The molecule has 5 heterocycles. The summed E-state index contributed by atoms with van der Waals surface area (Å²) in [6, 6.07) is 34.1. The van der Waals surface area contributed by atoms with Gasteiger partial charge < -0.3 is 0 Å². The Labute approximate surface area is 230 Å². The highest BCUT2D eigenvalue weighted by Gasteiger charge is 2.24. The van der Waals surface area contributed by atoms with Crippen LogP contribution in [-0.2, 0) is 0 Å². The lowest BCUT2D eigenvalue weighted by molar-refractivity contribution is 1.02. The van der Waals surface area contributed by atoms with Crippen LogP contribution in [-0.4, -0.2) is 19.5 Å². The third-order valence-electron chi connectivity index (χ3n) is 7.50. The molecule has 0 atom stereocenters. The first-order valence-electron chi connectivity index (χ1n) is 12.8. The minimum atomic E-state index is 0.684. The van der Waals surface area contributed by atoms with E-state index in [2.05, 4.69) is 101 Å². The van der Waals surface area contributed by atoms with E-state index < -0.39 is 0 Å². The first-order valence-corrected chi connectivity index (χ1v) is 14.4. The molecule has 0 N–H and O–H groups in total. The zero-order valence-corrected chi connectivity index (χ0v) is 22.1. The molecule has 0 aliphatic rings. The van der Waals surface area contributed by atoms with Gasteiger partial charge in [-0.2, -0.15) is 0 Å². The van der Waals surface area contributed by atoms with E-state index in [1.165, 1.54) is 46.0 Å². The highest BCUT2D eigenvalue weighted by atomic mass is 32.1. The van der Waals surface area contributed by atoms with Crippen LogP contribution < -0.4 is 0 Å². The van der Waals surface area contributed by atoms with Crippen LogP contribution in [0.3, 0.4) is 0 Å². The summed E-state index contributed by atoms with van der Waals surface area (Å²) in [5.74, 6) is 0.684. The Hall–Kier alpha value is -4.65. The second-order valence-electron chi connectivity index (χ2n) is 9.68. The number of hydrogen-bond donors (Lipinski definition) is 0. The zero-order chi connectivity index (χ0) is 25.5.